The Labute approximate surface area is 271 Å². The van der Waals surface area contributed by atoms with Crippen LogP contribution >= 0.6 is 0 Å². The largest absolute Gasteiger partial charge is 0.309 e. The number of rotatable bonds is 4. The zero-order chi connectivity index (χ0) is 30.9. The molecule has 0 amide bonds. The van der Waals surface area contributed by atoms with Crippen LogP contribution in [0.5, 0.6) is 0 Å². The normalized spacial score (nSPS) is 11.8. The second kappa shape index (κ2) is 10.1. The van der Waals surface area contributed by atoms with Gasteiger partial charge in [-0.25, -0.2) is 4.98 Å². The summed E-state index contributed by atoms with van der Waals surface area (Å²) in [6, 6.07) is 58.5. The van der Waals surface area contributed by atoms with Gasteiger partial charge in [0, 0.05) is 39.0 Å². The summed E-state index contributed by atoms with van der Waals surface area (Å²) >= 11 is 0. The summed E-state index contributed by atoms with van der Waals surface area (Å²) in [7, 11) is 0. The van der Waals surface area contributed by atoms with E-state index in [1.807, 2.05) is 6.07 Å². The third-order valence-electron chi connectivity index (χ3n) is 9.46. The van der Waals surface area contributed by atoms with Gasteiger partial charge in [0.15, 0.2) is 5.82 Å². The molecule has 4 heteroatoms. The van der Waals surface area contributed by atoms with Gasteiger partial charge >= 0.3 is 0 Å². The van der Waals surface area contributed by atoms with Crippen LogP contribution < -0.4 is 0 Å². The fraction of sp³-hybridized carbons (Fsp3) is 0. The Balaban J connectivity index is 1.21. The van der Waals surface area contributed by atoms with E-state index in [9.17, 15) is 0 Å². The fourth-order valence-corrected chi connectivity index (χ4v) is 7.37. The number of aromatic nitrogens is 4. The van der Waals surface area contributed by atoms with Gasteiger partial charge in [0.2, 0.25) is 0 Å². The Bertz CT molecular complexity index is 2780. The average Bonchev–Trinajstić information content (AvgIpc) is 3.79. The number of hydrogen-bond acceptors (Lipinski definition) is 1. The molecule has 10 aromatic rings. The van der Waals surface area contributed by atoms with Crippen LogP contribution in [-0.2, 0) is 0 Å². The van der Waals surface area contributed by atoms with E-state index in [1.165, 1.54) is 49.4 Å². The molecular formula is C43H28N4. The Hall–Kier alpha value is -6.39. The molecule has 10 rings (SSSR count). The highest BCUT2D eigenvalue weighted by atomic mass is 15.2. The third-order valence-corrected chi connectivity index (χ3v) is 9.46. The van der Waals surface area contributed by atoms with Gasteiger partial charge in [0.1, 0.15) is 11.3 Å². The van der Waals surface area contributed by atoms with Gasteiger partial charge in [-0.05, 0) is 71.8 Å². The third kappa shape index (κ3) is 3.85. The van der Waals surface area contributed by atoms with Crippen molar-refractivity contribution in [2.24, 2.45) is 0 Å². The second-order valence-electron chi connectivity index (χ2n) is 12.1. The molecule has 0 aliphatic heterocycles. The molecule has 0 spiro atoms. The van der Waals surface area contributed by atoms with Crippen LogP contribution in [0.15, 0.2) is 170 Å². The maximum absolute atomic E-state index is 5.14. The van der Waals surface area contributed by atoms with Crippen LogP contribution in [0.4, 0.5) is 0 Å². The van der Waals surface area contributed by atoms with E-state index in [4.69, 9.17) is 4.98 Å². The van der Waals surface area contributed by atoms with Crippen LogP contribution in [0.1, 0.15) is 0 Å². The molecule has 0 aliphatic rings. The predicted octanol–water partition coefficient (Wildman–Crippen LogP) is 10.9. The highest BCUT2D eigenvalue weighted by Gasteiger charge is 2.21. The average molecular weight is 601 g/mol. The predicted molar refractivity (Wildman–Crippen MR) is 195 cm³/mol. The van der Waals surface area contributed by atoms with Gasteiger partial charge in [0.05, 0.1) is 22.1 Å². The number of benzene rings is 6. The first-order chi connectivity index (χ1) is 23.3. The Morgan fingerprint density at radius 2 is 0.915 bits per heavy atom. The minimum atomic E-state index is 0.923. The second-order valence-corrected chi connectivity index (χ2v) is 12.1. The summed E-state index contributed by atoms with van der Waals surface area (Å²) in [4.78, 5) is 5.14. The van der Waals surface area contributed by atoms with E-state index in [1.54, 1.807) is 0 Å². The van der Waals surface area contributed by atoms with Crippen molar-refractivity contribution in [1.82, 2.24) is 18.5 Å². The molecule has 0 aliphatic carbocycles. The number of nitrogens with zero attached hydrogens (tertiary/aromatic N) is 4. The van der Waals surface area contributed by atoms with Gasteiger partial charge < -0.3 is 4.57 Å². The van der Waals surface area contributed by atoms with E-state index < -0.39 is 0 Å². The van der Waals surface area contributed by atoms with Gasteiger partial charge in [-0.1, -0.05) is 103 Å². The molecule has 47 heavy (non-hydrogen) atoms. The topological polar surface area (TPSA) is 27.2 Å². The SMILES string of the molecule is c1ccc(-c2nc3ccccn3c2-n2c3ccccc3c3cc(-c4ccc5c(c4)c4ccccc4n5-c4ccccc4)ccc32)cc1. The molecule has 4 aromatic heterocycles. The molecule has 4 nitrogen and oxygen atoms in total. The zero-order valence-corrected chi connectivity index (χ0v) is 25.5. The Morgan fingerprint density at radius 1 is 0.383 bits per heavy atom. The van der Waals surface area contributed by atoms with E-state index in [0.29, 0.717) is 0 Å². The molecule has 0 bridgehead atoms. The molecule has 0 unspecified atom stereocenters. The molecule has 0 radical (unpaired) electrons. The van der Waals surface area contributed by atoms with Crippen molar-refractivity contribution >= 4 is 49.3 Å². The molecule has 0 N–H and O–H groups in total. The number of hydrogen-bond donors (Lipinski definition) is 0. The molecule has 0 saturated carbocycles. The van der Waals surface area contributed by atoms with E-state index in [2.05, 4.69) is 177 Å². The first-order valence-corrected chi connectivity index (χ1v) is 16.0. The Kier molecular flexibility index (Phi) is 5.54. The minimum absolute atomic E-state index is 0.923. The quantitative estimate of drug-likeness (QED) is 0.197. The lowest BCUT2D eigenvalue weighted by molar-refractivity contribution is 1.04. The van der Waals surface area contributed by atoms with Crippen LogP contribution in [-0.4, -0.2) is 18.5 Å². The number of imidazole rings is 1. The van der Waals surface area contributed by atoms with Crippen molar-refractivity contribution in [3.05, 3.63) is 170 Å². The first-order valence-electron chi connectivity index (χ1n) is 16.0. The van der Waals surface area contributed by atoms with Gasteiger partial charge in [-0.3, -0.25) is 8.97 Å². The summed E-state index contributed by atoms with van der Waals surface area (Å²) in [5.41, 5.74) is 11.3. The molecule has 0 saturated heterocycles. The molecule has 0 atom stereocenters. The minimum Gasteiger partial charge on any atom is -0.309 e. The highest BCUT2D eigenvalue weighted by Crippen LogP contribution is 2.40. The number of pyridine rings is 1. The molecule has 6 aromatic carbocycles. The summed E-state index contributed by atoms with van der Waals surface area (Å²) in [6.07, 6.45) is 2.11. The first kappa shape index (κ1) is 25.9. The van der Waals surface area contributed by atoms with Gasteiger partial charge in [-0.15, -0.1) is 0 Å². The van der Waals surface area contributed by atoms with E-state index >= 15 is 0 Å². The molecule has 0 fully saturated rings. The number of para-hydroxylation sites is 3. The summed E-state index contributed by atoms with van der Waals surface area (Å²) in [5.74, 6) is 1.04. The van der Waals surface area contributed by atoms with Crippen LogP contribution in [0.25, 0.3) is 83.1 Å². The van der Waals surface area contributed by atoms with Crippen LogP contribution in [0.2, 0.25) is 0 Å². The lowest BCUT2D eigenvalue weighted by Gasteiger charge is -2.11. The van der Waals surface area contributed by atoms with Crippen LogP contribution in [0, 0.1) is 0 Å². The van der Waals surface area contributed by atoms with Crippen molar-refractivity contribution in [2.45, 2.75) is 0 Å². The van der Waals surface area contributed by atoms with Crippen molar-refractivity contribution < 1.29 is 0 Å². The molecule has 4 heterocycles. The monoisotopic (exact) mass is 600 g/mol. The van der Waals surface area contributed by atoms with E-state index in [-0.39, 0.29) is 0 Å². The fourth-order valence-electron chi connectivity index (χ4n) is 7.37. The van der Waals surface area contributed by atoms with Crippen molar-refractivity contribution in [1.29, 1.82) is 0 Å². The maximum atomic E-state index is 5.14. The van der Waals surface area contributed by atoms with Crippen LogP contribution in [0.3, 0.4) is 0 Å². The van der Waals surface area contributed by atoms with Crippen molar-refractivity contribution in [3.8, 4) is 33.9 Å². The van der Waals surface area contributed by atoms with Crippen molar-refractivity contribution in [2.75, 3.05) is 0 Å². The van der Waals surface area contributed by atoms with Gasteiger partial charge in [0.25, 0.3) is 0 Å². The van der Waals surface area contributed by atoms with Gasteiger partial charge in [-0.2, -0.15) is 0 Å². The lowest BCUT2D eigenvalue weighted by Crippen LogP contribution is -2.00. The highest BCUT2D eigenvalue weighted by molar-refractivity contribution is 6.13. The summed E-state index contributed by atoms with van der Waals surface area (Å²) in [6.45, 7) is 0. The van der Waals surface area contributed by atoms with Crippen molar-refractivity contribution in [3.63, 3.8) is 0 Å². The molecular weight excluding hydrogens is 573 g/mol. The molecule has 220 valence electrons. The summed E-state index contributed by atoms with van der Waals surface area (Å²) in [5, 5.41) is 4.94. The standard InChI is InChI=1S/C43H28N4/c1-3-13-29(14-4-1)42-43(45-26-12-11-21-41(45)44-42)47-38-20-10-8-18-34(38)36-28-31(23-25-40(36)47)30-22-24-39-35(27-30)33-17-7-9-19-37(33)46(39)32-15-5-2-6-16-32/h1-28H. The Morgan fingerprint density at radius 3 is 1.60 bits per heavy atom. The summed E-state index contributed by atoms with van der Waals surface area (Å²) < 4.78 is 6.96. The smallest absolute Gasteiger partial charge is 0.150 e. The maximum Gasteiger partial charge on any atom is 0.150 e. The van der Waals surface area contributed by atoms with E-state index in [0.717, 1.165) is 33.8 Å². The lowest BCUT2D eigenvalue weighted by atomic mass is 10.0. The number of fused-ring (bicyclic) bond motifs is 7. The zero-order valence-electron chi connectivity index (χ0n) is 25.5.